The predicted octanol–water partition coefficient (Wildman–Crippen LogP) is 2.57. The molecule has 0 N–H and O–H groups in total. The fourth-order valence-electron chi connectivity index (χ4n) is 1.15. The summed E-state index contributed by atoms with van der Waals surface area (Å²) in [6, 6.07) is 8.74. The van der Waals surface area contributed by atoms with Gasteiger partial charge < -0.3 is 18.5 Å². The minimum absolute atomic E-state index is 0.337. The molecule has 0 aliphatic carbocycles. The van der Waals surface area contributed by atoms with Crippen molar-refractivity contribution in [3.05, 3.63) is 42.4 Å². The van der Waals surface area contributed by atoms with Crippen LogP contribution in [0.1, 0.15) is 0 Å². The Hall–Kier alpha value is -1.62. The van der Waals surface area contributed by atoms with Gasteiger partial charge in [-0.2, -0.15) is 0 Å². The number of esters is 1. The van der Waals surface area contributed by atoms with Crippen molar-refractivity contribution in [2.24, 2.45) is 0 Å². The van der Waals surface area contributed by atoms with E-state index in [9.17, 15) is 9.36 Å². The Labute approximate surface area is 111 Å². The highest BCUT2D eigenvalue weighted by Gasteiger charge is 2.29. The largest absolute Gasteiger partial charge is 0.482 e. The Balaban J connectivity index is 2.48. The van der Waals surface area contributed by atoms with Gasteiger partial charge in [-0.1, -0.05) is 18.2 Å². The van der Waals surface area contributed by atoms with Crippen molar-refractivity contribution in [1.82, 2.24) is 0 Å². The first-order chi connectivity index (χ1) is 9.01. The Morgan fingerprint density at radius 2 is 1.79 bits per heavy atom. The number of carbonyl (C=O) groups excluding carboxylic acids is 1. The molecule has 19 heavy (non-hydrogen) atoms. The molecule has 104 valence electrons. The monoisotopic (exact) mass is 286 g/mol. The van der Waals surface area contributed by atoms with Crippen LogP contribution in [0.15, 0.2) is 42.4 Å². The maximum absolute atomic E-state index is 11.8. The third-order valence-corrected chi connectivity index (χ3v) is 3.78. The van der Waals surface area contributed by atoms with E-state index in [0.717, 1.165) is 0 Å². The fourth-order valence-corrected chi connectivity index (χ4v) is 1.92. The minimum Gasteiger partial charge on any atom is -0.482 e. The molecular weight excluding hydrogens is 271 g/mol. The molecule has 0 aliphatic heterocycles. The number of benzene rings is 1. The summed E-state index contributed by atoms with van der Waals surface area (Å²) in [4.78, 5) is 11.5. The molecule has 6 nitrogen and oxygen atoms in total. The van der Waals surface area contributed by atoms with Crippen LogP contribution in [0.3, 0.4) is 0 Å². The van der Waals surface area contributed by atoms with Gasteiger partial charge in [0.25, 0.3) is 0 Å². The molecule has 1 rings (SSSR count). The third kappa shape index (κ3) is 4.52. The van der Waals surface area contributed by atoms with E-state index in [-0.39, 0.29) is 12.1 Å². The number of carbonyl (C=O) groups is 1. The predicted molar refractivity (Wildman–Crippen MR) is 68.8 cm³/mol. The summed E-state index contributed by atoms with van der Waals surface area (Å²) in [5, 5.41) is 0. The average Bonchev–Trinajstić information content (AvgIpc) is 2.45. The Morgan fingerprint density at radius 1 is 1.21 bits per heavy atom. The van der Waals surface area contributed by atoms with Crippen LogP contribution in [0.2, 0.25) is 0 Å². The van der Waals surface area contributed by atoms with Crippen molar-refractivity contribution in [2.75, 3.05) is 20.8 Å². The van der Waals surface area contributed by atoms with E-state index in [1.807, 2.05) is 6.07 Å². The molecule has 1 aromatic carbocycles. The molecule has 0 fully saturated rings. The molecule has 0 aliphatic rings. The van der Waals surface area contributed by atoms with Crippen LogP contribution >= 0.6 is 7.60 Å². The summed E-state index contributed by atoms with van der Waals surface area (Å²) < 4.78 is 31.0. The van der Waals surface area contributed by atoms with Crippen molar-refractivity contribution in [2.45, 2.75) is 0 Å². The van der Waals surface area contributed by atoms with Crippen LogP contribution in [-0.4, -0.2) is 26.8 Å². The van der Waals surface area contributed by atoms with Gasteiger partial charge in [0.15, 0.2) is 6.61 Å². The molecule has 0 atom stereocenters. The zero-order valence-electron chi connectivity index (χ0n) is 10.7. The van der Waals surface area contributed by atoms with Crippen LogP contribution in [0.25, 0.3) is 0 Å². The van der Waals surface area contributed by atoms with Crippen molar-refractivity contribution in [3.8, 4) is 5.75 Å². The minimum atomic E-state index is -3.61. The lowest BCUT2D eigenvalue weighted by atomic mass is 10.3. The molecular formula is C12H15O6P. The highest BCUT2D eigenvalue weighted by molar-refractivity contribution is 7.58. The van der Waals surface area contributed by atoms with Gasteiger partial charge in [0.05, 0.1) is 0 Å². The fraction of sp³-hybridized carbons (Fsp3) is 0.250. The van der Waals surface area contributed by atoms with Crippen LogP contribution in [0.4, 0.5) is 0 Å². The standard InChI is InChI=1S/C12H15O6P/c1-10(19(14,15-2)16-3)18-12(13)9-17-11-7-5-4-6-8-11/h4-8H,1,9H2,2-3H3. The van der Waals surface area contributed by atoms with Crippen molar-refractivity contribution >= 4 is 13.6 Å². The zero-order valence-corrected chi connectivity index (χ0v) is 11.6. The number of rotatable bonds is 7. The molecule has 0 heterocycles. The van der Waals surface area contributed by atoms with Gasteiger partial charge in [-0.15, -0.1) is 0 Å². The lowest BCUT2D eigenvalue weighted by molar-refractivity contribution is -0.141. The molecule has 0 amide bonds. The van der Waals surface area contributed by atoms with Gasteiger partial charge in [0, 0.05) is 14.2 Å². The summed E-state index contributed by atoms with van der Waals surface area (Å²) >= 11 is 0. The lowest BCUT2D eigenvalue weighted by Crippen LogP contribution is -2.15. The molecule has 0 radical (unpaired) electrons. The molecule has 0 saturated heterocycles. The third-order valence-electron chi connectivity index (χ3n) is 2.12. The van der Waals surface area contributed by atoms with Crippen LogP contribution in [0.5, 0.6) is 5.75 Å². The highest BCUT2D eigenvalue weighted by Crippen LogP contribution is 2.54. The van der Waals surface area contributed by atoms with E-state index in [1.54, 1.807) is 24.3 Å². The normalized spacial score (nSPS) is 10.8. The van der Waals surface area contributed by atoms with Gasteiger partial charge in [-0.05, 0) is 18.7 Å². The molecule has 0 saturated carbocycles. The van der Waals surface area contributed by atoms with E-state index in [0.29, 0.717) is 5.75 Å². The van der Waals surface area contributed by atoms with E-state index < -0.39 is 13.6 Å². The first kappa shape index (κ1) is 15.4. The molecule has 0 spiro atoms. The maximum Gasteiger partial charge on any atom is 0.395 e. The summed E-state index contributed by atoms with van der Waals surface area (Å²) in [5.74, 6) is -0.227. The number of ether oxygens (including phenoxy) is 2. The smallest absolute Gasteiger partial charge is 0.395 e. The molecule has 0 unspecified atom stereocenters. The van der Waals surface area contributed by atoms with Crippen molar-refractivity contribution < 1.29 is 27.9 Å². The Morgan fingerprint density at radius 3 is 2.32 bits per heavy atom. The first-order valence-electron chi connectivity index (χ1n) is 5.31. The number of para-hydroxylation sites is 1. The van der Waals surface area contributed by atoms with Crippen molar-refractivity contribution in [1.29, 1.82) is 0 Å². The number of hydrogen-bond donors (Lipinski definition) is 0. The molecule has 0 bridgehead atoms. The summed E-state index contributed by atoms with van der Waals surface area (Å²) in [5.41, 5.74) is -0.376. The maximum atomic E-state index is 11.8. The second-order valence-corrected chi connectivity index (χ2v) is 5.56. The summed E-state index contributed by atoms with van der Waals surface area (Å²) in [6.45, 7) is 3.01. The van der Waals surface area contributed by atoms with E-state index >= 15 is 0 Å². The van der Waals surface area contributed by atoms with Gasteiger partial charge in [0.1, 0.15) is 5.75 Å². The average molecular weight is 286 g/mol. The van der Waals surface area contributed by atoms with Crippen LogP contribution in [-0.2, 0) is 23.1 Å². The zero-order chi connectivity index (χ0) is 14.3. The molecule has 7 heteroatoms. The van der Waals surface area contributed by atoms with Gasteiger partial charge >= 0.3 is 13.6 Å². The Kier molecular flexibility index (Phi) is 5.76. The second kappa shape index (κ2) is 7.09. The van der Waals surface area contributed by atoms with Crippen LogP contribution in [0, 0.1) is 0 Å². The topological polar surface area (TPSA) is 71.1 Å². The van der Waals surface area contributed by atoms with Gasteiger partial charge in [-0.25, -0.2) is 4.79 Å². The second-order valence-electron chi connectivity index (χ2n) is 3.33. The molecule has 1 aromatic rings. The first-order valence-corrected chi connectivity index (χ1v) is 6.85. The highest BCUT2D eigenvalue weighted by atomic mass is 31.2. The van der Waals surface area contributed by atoms with Gasteiger partial charge in [0.2, 0.25) is 5.50 Å². The SMILES string of the molecule is C=C(OC(=O)COc1ccccc1)P(=O)(OC)OC. The van der Waals surface area contributed by atoms with E-state index in [4.69, 9.17) is 9.47 Å². The quantitative estimate of drug-likeness (QED) is 0.436. The van der Waals surface area contributed by atoms with Gasteiger partial charge in [-0.3, -0.25) is 4.57 Å². The number of hydrogen-bond acceptors (Lipinski definition) is 6. The van der Waals surface area contributed by atoms with E-state index in [2.05, 4.69) is 15.6 Å². The molecule has 0 aromatic heterocycles. The Bertz CT molecular complexity index is 476. The van der Waals surface area contributed by atoms with Crippen LogP contribution < -0.4 is 4.74 Å². The summed E-state index contributed by atoms with van der Waals surface area (Å²) in [6.07, 6.45) is 0. The lowest BCUT2D eigenvalue weighted by Gasteiger charge is -2.15. The summed E-state index contributed by atoms with van der Waals surface area (Å²) in [7, 11) is -1.27. The van der Waals surface area contributed by atoms with E-state index in [1.165, 1.54) is 14.2 Å². The van der Waals surface area contributed by atoms with Crippen molar-refractivity contribution in [3.63, 3.8) is 0 Å².